The quantitative estimate of drug-likeness (QED) is 0.739. The van der Waals surface area contributed by atoms with E-state index < -0.39 is 0 Å². The van der Waals surface area contributed by atoms with Gasteiger partial charge >= 0.3 is 0 Å². The van der Waals surface area contributed by atoms with E-state index in [2.05, 4.69) is 20.3 Å². The predicted octanol–water partition coefficient (Wildman–Crippen LogP) is 4.34. The van der Waals surface area contributed by atoms with Crippen LogP contribution in [0.3, 0.4) is 0 Å². The van der Waals surface area contributed by atoms with Gasteiger partial charge < -0.3 is 5.32 Å². The molecule has 1 N–H and O–H groups in total. The standard InChI is InChI=1S/C18H14Cl2N4O/c1-11(12-4-6-21-7-5-12)24-18(25)17-9-16(22-10-23-17)13-2-3-14(19)15(20)8-13/h2-11H,1H3,(H,24,25). The van der Waals surface area contributed by atoms with Crippen LogP contribution < -0.4 is 5.32 Å². The van der Waals surface area contributed by atoms with Crippen molar-refractivity contribution >= 4 is 29.1 Å². The number of amides is 1. The average molecular weight is 373 g/mol. The third-order valence-corrected chi connectivity index (χ3v) is 4.41. The molecule has 5 nitrogen and oxygen atoms in total. The van der Waals surface area contributed by atoms with Gasteiger partial charge in [-0.1, -0.05) is 29.3 Å². The Kier molecular flexibility index (Phi) is 5.26. The van der Waals surface area contributed by atoms with Gasteiger partial charge in [0.25, 0.3) is 5.91 Å². The lowest BCUT2D eigenvalue weighted by molar-refractivity contribution is 0.0934. The molecule has 3 rings (SSSR count). The Labute approximate surface area is 155 Å². The fourth-order valence-corrected chi connectivity index (χ4v) is 2.60. The van der Waals surface area contributed by atoms with Crippen LogP contribution in [0.15, 0.2) is 55.1 Å². The van der Waals surface area contributed by atoms with Gasteiger partial charge in [-0.25, -0.2) is 9.97 Å². The Bertz CT molecular complexity index is 903. The molecule has 1 amide bonds. The second kappa shape index (κ2) is 7.59. The molecule has 0 fully saturated rings. The van der Waals surface area contributed by atoms with E-state index in [1.54, 1.807) is 36.7 Å². The molecule has 7 heteroatoms. The van der Waals surface area contributed by atoms with E-state index in [0.29, 0.717) is 15.7 Å². The van der Waals surface area contributed by atoms with Gasteiger partial charge in [-0.15, -0.1) is 0 Å². The van der Waals surface area contributed by atoms with Crippen molar-refractivity contribution in [3.63, 3.8) is 0 Å². The summed E-state index contributed by atoms with van der Waals surface area (Å²) in [7, 11) is 0. The third kappa shape index (κ3) is 4.13. The number of rotatable bonds is 4. The average Bonchev–Trinajstić information content (AvgIpc) is 2.64. The highest BCUT2D eigenvalue weighted by atomic mass is 35.5. The minimum absolute atomic E-state index is 0.168. The van der Waals surface area contributed by atoms with Crippen LogP contribution in [0.25, 0.3) is 11.3 Å². The van der Waals surface area contributed by atoms with Crippen LogP contribution in [0.2, 0.25) is 10.0 Å². The summed E-state index contributed by atoms with van der Waals surface area (Å²) >= 11 is 12.0. The first-order chi connectivity index (χ1) is 12.0. The summed E-state index contributed by atoms with van der Waals surface area (Å²) in [5, 5.41) is 3.80. The number of pyridine rings is 1. The zero-order chi connectivity index (χ0) is 17.8. The maximum absolute atomic E-state index is 12.5. The minimum atomic E-state index is -0.284. The van der Waals surface area contributed by atoms with Gasteiger partial charge in [0.1, 0.15) is 12.0 Å². The van der Waals surface area contributed by atoms with Gasteiger partial charge in [0.15, 0.2) is 0 Å². The molecule has 1 atom stereocenters. The number of halogens is 2. The monoisotopic (exact) mass is 372 g/mol. The van der Waals surface area contributed by atoms with E-state index in [0.717, 1.165) is 11.1 Å². The van der Waals surface area contributed by atoms with E-state index in [9.17, 15) is 4.79 Å². The van der Waals surface area contributed by atoms with Crippen molar-refractivity contribution in [3.05, 3.63) is 76.4 Å². The van der Waals surface area contributed by atoms with Crippen LogP contribution in [-0.4, -0.2) is 20.9 Å². The molecule has 0 radical (unpaired) electrons. The van der Waals surface area contributed by atoms with Gasteiger partial charge in [-0.2, -0.15) is 0 Å². The van der Waals surface area contributed by atoms with Crippen LogP contribution in [0.4, 0.5) is 0 Å². The molecule has 1 unspecified atom stereocenters. The van der Waals surface area contributed by atoms with Gasteiger partial charge in [0, 0.05) is 18.0 Å². The van der Waals surface area contributed by atoms with Gasteiger partial charge in [0.2, 0.25) is 0 Å². The molecule has 2 aromatic heterocycles. The molecule has 0 aliphatic rings. The fourth-order valence-electron chi connectivity index (χ4n) is 2.30. The Morgan fingerprint density at radius 1 is 1.04 bits per heavy atom. The highest BCUT2D eigenvalue weighted by Crippen LogP contribution is 2.27. The molecule has 0 aliphatic carbocycles. The minimum Gasteiger partial charge on any atom is -0.344 e. The first-order valence-corrected chi connectivity index (χ1v) is 8.28. The van der Waals surface area contributed by atoms with E-state index in [4.69, 9.17) is 23.2 Å². The topological polar surface area (TPSA) is 67.8 Å². The predicted molar refractivity (Wildman–Crippen MR) is 97.6 cm³/mol. The first kappa shape index (κ1) is 17.3. The lowest BCUT2D eigenvalue weighted by Gasteiger charge is -2.14. The number of carbonyl (C=O) groups is 1. The summed E-state index contributed by atoms with van der Waals surface area (Å²) in [5.41, 5.74) is 2.59. The summed E-state index contributed by atoms with van der Waals surface area (Å²) in [4.78, 5) is 24.7. The van der Waals surface area contributed by atoms with E-state index >= 15 is 0 Å². The number of nitrogens with one attached hydrogen (secondary N) is 1. The molecule has 0 spiro atoms. The van der Waals surface area contributed by atoms with Crippen LogP contribution in [0, 0.1) is 0 Å². The molecule has 25 heavy (non-hydrogen) atoms. The van der Waals surface area contributed by atoms with E-state index in [1.165, 1.54) is 6.33 Å². The van der Waals surface area contributed by atoms with Crippen molar-refractivity contribution in [2.24, 2.45) is 0 Å². The molecule has 126 valence electrons. The Hall–Kier alpha value is -2.50. The maximum Gasteiger partial charge on any atom is 0.270 e. The summed E-state index contributed by atoms with van der Waals surface area (Å²) in [5.74, 6) is -0.284. The van der Waals surface area contributed by atoms with Gasteiger partial charge in [-0.3, -0.25) is 9.78 Å². The molecule has 0 saturated heterocycles. The number of aromatic nitrogens is 3. The van der Waals surface area contributed by atoms with Crippen molar-refractivity contribution in [1.82, 2.24) is 20.3 Å². The third-order valence-electron chi connectivity index (χ3n) is 3.67. The highest BCUT2D eigenvalue weighted by molar-refractivity contribution is 6.42. The molecular formula is C18H14Cl2N4O. The number of nitrogens with zero attached hydrogens (tertiary/aromatic N) is 3. The zero-order valence-corrected chi connectivity index (χ0v) is 14.8. The van der Waals surface area contributed by atoms with Crippen LogP contribution in [0.5, 0.6) is 0 Å². The summed E-state index contributed by atoms with van der Waals surface area (Å²) < 4.78 is 0. The lowest BCUT2D eigenvalue weighted by Crippen LogP contribution is -2.27. The van der Waals surface area contributed by atoms with E-state index in [1.807, 2.05) is 19.1 Å². The van der Waals surface area contributed by atoms with Crippen LogP contribution in [-0.2, 0) is 0 Å². The molecule has 3 aromatic rings. The van der Waals surface area contributed by atoms with Crippen molar-refractivity contribution in [2.75, 3.05) is 0 Å². The van der Waals surface area contributed by atoms with Crippen molar-refractivity contribution < 1.29 is 4.79 Å². The number of carbonyl (C=O) groups excluding carboxylic acids is 1. The Morgan fingerprint density at radius 3 is 2.52 bits per heavy atom. The highest BCUT2D eigenvalue weighted by Gasteiger charge is 2.14. The molecule has 0 saturated carbocycles. The molecular weight excluding hydrogens is 359 g/mol. The number of benzene rings is 1. The maximum atomic E-state index is 12.5. The number of hydrogen-bond donors (Lipinski definition) is 1. The fraction of sp³-hybridized carbons (Fsp3) is 0.111. The smallest absolute Gasteiger partial charge is 0.270 e. The van der Waals surface area contributed by atoms with Crippen molar-refractivity contribution in [2.45, 2.75) is 13.0 Å². The summed E-state index contributed by atoms with van der Waals surface area (Å²) in [6.07, 6.45) is 4.72. The zero-order valence-electron chi connectivity index (χ0n) is 13.3. The van der Waals surface area contributed by atoms with Crippen LogP contribution in [0.1, 0.15) is 29.0 Å². The van der Waals surface area contributed by atoms with Gasteiger partial charge in [-0.05, 0) is 42.8 Å². The molecule has 0 aliphatic heterocycles. The lowest BCUT2D eigenvalue weighted by atomic mass is 10.1. The Balaban J connectivity index is 1.81. The summed E-state index contributed by atoms with van der Waals surface area (Å²) in [6.45, 7) is 1.90. The van der Waals surface area contributed by atoms with E-state index in [-0.39, 0.29) is 17.6 Å². The first-order valence-electron chi connectivity index (χ1n) is 7.53. The molecule has 2 heterocycles. The van der Waals surface area contributed by atoms with Gasteiger partial charge in [0.05, 0.1) is 21.8 Å². The SMILES string of the molecule is CC(NC(=O)c1cc(-c2ccc(Cl)c(Cl)c2)ncn1)c1ccncc1. The molecule has 0 bridgehead atoms. The molecule has 1 aromatic carbocycles. The second-order valence-electron chi connectivity index (χ2n) is 5.39. The summed E-state index contributed by atoms with van der Waals surface area (Å²) in [6, 6.07) is 10.3. The normalized spacial score (nSPS) is 11.8. The Morgan fingerprint density at radius 2 is 1.80 bits per heavy atom. The largest absolute Gasteiger partial charge is 0.344 e. The second-order valence-corrected chi connectivity index (χ2v) is 6.21. The number of hydrogen-bond acceptors (Lipinski definition) is 4. The van der Waals surface area contributed by atoms with Crippen molar-refractivity contribution in [3.8, 4) is 11.3 Å². The van der Waals surface area contributed by atoms with Crippen molar-refractivity contribution in [1.29, 1.82) is 0 Å². The van der Waals surface area contributed by atoms with Crippen LogP contribution >= 0.6 is 23.2 Å².